The summed E-state index contributed by atoms with van der Waals surface area (Å²) in [7, 11) is 0. The molecule has 0 aliphatic carbocycles. The van der Waals surface area contributed by atoms with Crippen molar-refractivity contribution < 1.29 is 23.4 Å². The van der Waals surface area contributed by atoms with Crippen LogP contribution in [0.25, 0.3) is 0 Å². The molecule has 0 bridgehead atoms. The van der Waals surface area contributed by atoms with E-state index in [4.69, 9.17) is 31.5 Å². The van der Waals surface area contributed by atoms with Crippen molar-refractivity contribution in [3.8, 4) is 23.3 Å². The minimum absolute atomic E-state index is 0.0421. The van der Waals surface area contributed by atoms with E-state index in [1.54, 1.807) is 24.3 Å². The summed E-state index contributed by atoms with van der Waals surface area (Å²) < 4.78 is 30.3. The molecule has 0 radical (unpaired) electrons. The van der Waals surface area contributed by atoms with Crippen molar-refractivity contribution in [2.75, 3.05) is 0 Å². The van der Waals surface area contributed by atoms with Gasteiger partial charge in [0.1, 0.15) is 41.3 Å². The lowest BCUT2D eigenvalue weighted by Crippen LogP contribution is -2.21. The molecule has 0 spiro atoms. The average Bonchev–Trinajstić information content (AvgIpc) is 2.92. The highest BCUT2D eigenvalue weighted by Gasteiger charge is 2.31. The van der Waals surface area contributed by atoms with E-state index in [-0.39, 0.29) is 22.8 Å². The van der Waals surface area contributed by atoms with Crippen LogP contribution in [0.1, 0.15) is 33.0 Å². The van der Waals surface area contributed by atoms with Crippen LogP contribution in [0.2, 0.25) is 5.02 Å². The van der Waals surface area contributed by atoms with Crippen LogP contribution in [-0.4, -0.2) is 5.97 Å². The lowest BCUT2D eigenvalue weighted by atomic mass is 9.83. The van der Waals surface area contributed by atoms with E-state index in [1.807, 2.05) is 36.4 Å². The lowest BCUT2D eigenvalue weighted by molar-refractivity contribution is 0.0734. The molecule has 1 atom stereocenters. The highest BCUT2D eigenvalue weighted by molar-refractivity contribution is 6.30. The average molecular weight is 527 g/mol. The Kier molecular flexibility index (Phi) is 6.98. The van der Waals surface area contributed by atoms with Gasteiger partial charge >= 0.3 is 5.97 Å². The van der Waals surface area contributed by atoms with Gasteiger partial charge in [-0.1, -0.05) is 41.9 Å². The molecule has 6 nitrogen and oxygen atoms in total. The third-order valence-corrected chi connectivity index (χ3v) is 6.24. The second kappa shape index (κ2) is 10.7. The first-order valence-electron chi connectivity index (χ1n) is 11.6. The summed E-state index contributed by atoms with van der Waals surface area (Å²) in [5.41, 5.74) is 8.98. The molecule has 4 aromatic carbocycles. The number of carbonyl (C=O) groups is 1. The second-order valence-corrected chi connectivity index (χ2v) is 8.94. The zero-order chi connectivity index (χ0) is 26.6. The number of benzene rings is 4. The Morgan fingerprint density at radius 1 is 1.00 bits per heavy atom. The number of hydrogen-bond donors (Lipinski definition) is 1. The van der Waals surface area contributed by atoms with Gasteiger partial charge in [0.05, 0.1) is 11.5 Å². The number of carbonyl (C=O) groups excluding carboxylic acids is 1. The number of nitrogens with zero attached hydrogens (tertiary/aromatic N) is 1. The van der Waals surface area contributed by atoms with Crippen LogP contribution >= 0.6 is 11.6 Å². The Bertz CT molecular complexity index is 1580. The van der Waals surface area contributed by atoms with Crippen molar-refractivity contribution in [2.45, 2.75) is 12.5 Å². The van der Waals surface area contributed by atoms with Crippen LogP contribution < -0.4 is 19.9 Å². The predicted molar refractivity (Wildman–Crippen MR) is 139 cm³/mol. The highest BCUT2D eigenvalue weighted by Crippen LogP contribution is 2.44. The predicted octanol–water partition coefficient (Wildman–Crippen LogP) is 6.50. The summed E-state index contributed by atoms with van der Waals surface area (Å²) in [4.78, 5) is 12.5. The van der Waals surface area contributed by atoms with E-state index in [1.165, 1.54) is 30.3 Å². The number of ether oxygens (including phenoxy) is 3. The molecular formula is C30H20ClFN2O4. The van der Waals surface area contributed by atoms with Crippen molar-refractivity contribution in [2.24, 2.45) is 5.73 Å². The van der Waals surface area contributed by atoms with Crippen molar-refractivity contribution in [1.29, 1.82) is 5.26 Å². The maximum Gasteiger partial charge on any atom is 0.343 e. The number of nitriles is 1. The minimum atomic E-state index is -0.649. The normalized spacial score (nSPS) is 14.2. The first kappa shape index (κ1) is 24.9. The Balaban J connectivity index is 1.41. The number of hydrogen-bond acceptors (Lipinski definition) is 6. The Morgan fingerprint density at radius 2 is 1.76 bits per heavy atom. The molecule has 0 amide bonds. The van der Waals surface area contributed by atoms with Crippen molar-refractivity contribution in [3.63, 3.8) is 0 Å². The quantitative estimate of drug-likeness (QED) is 0.228. The van der Waals surface area contributed by atoms with Gasteiger partial charge in [-0.05, 0) is 65.7 Å². The Hall–Kier alpha value is -4.80. The molecule has 2 N–H and O–H groups in total. The molecule has 4 aromatic rings. The molecule has 1 unspecified atom stereocenters. The van der Waals surface area contributed by atoms with Gasteiger partial charge in [-0.2, -0.15) is 5.26 Å². The molecule has 0 aromatic heterocycles. The molecule has 38 heavy (non-hydrogen) atoms. The Labute approximate surface area is 223 Å². The van der Waals surface area contributed by atoms with Gasteiger partial charge in [0, 0.05) is 16.7 Å². The van der Waals surface area contributed by atoms with Gasteiger partial charge in [-0.3, -0.25) is 0 Å². The lowest BCUT2D eigenvalue weighted by Gasteiger charge is -2.27. The monoisotopic (exact) mass is 526 g/mol. The van der Waals surface area contributed by atoms with Crippen LogP contribution in [0.5, 0.6) is 17.2 Å². The summed E-state index contributed by atoms with van der Waals surface area (Å²) in [5, 5.41) is 10.5. The highest BCUT2D eigenvalue weighted by atomic mass is 35.5. The van der Waals surface area contributed by atoms with E-state index in [0.29, 0.717) is 28.7 Å². The molecule has 188 valence electrons. The van der Waals surface area contributed by atoms with Crippen molar-refractivity contribution >= 4 is 17.6 Å². The van der Waals surface area contributed by atoms with E-state index in [9.17, 15) is 14.4 Å². The van der Waals surface area contributed by atoms with E-state index >= 15 is 0 Å². The third-order valence-electron chi connectivity index (χ3n) is 5.99. The van der Waals surface area contributed by atoms with E-state index in [2.05, 4.69) is 6.07 Å². The smallest absolute Gasteiger partial charge is 0.343 e. The molecule has 0 saturated carbocycles. The van der Waals surface area contributed by atoms with Crippen LogP contribution in [0, 0.1) is 17.1 Å². The minimum Gasteiger partial charge on any atom is -0.489 e. The topological polar surface area (TPSA) is 94.6 Å². The number of allylic oxidation sites excluding steroid dienone is 1. The molecule has 1 heterocycles. The van der Waals surface area contributed by atoms with Crippen LogP contribution in [-0.2, 0) is 6.61 Å². The zero-order valence-electron chi connectivity index (χ0n) is 19.9. The SMILES string of the molecule is N#CC1=C(N)Oc2cc(OC(=O)c3ccc(F)cc3)ccc2C1c1cccc(OCc2ccc(Cl)cc2)c1. The number of rotatable bonds is 6. The summed E-state index contributed by atoms with van der Waals surface area (Å²) in [6.07, 6.45) is 0. The van der Waals surface area contributed by atoms with Gasteiger partial charge in [-0.15, -0.1) is 0 Å². The van der Waals surface area contributed by atoms with Crippen LogP contribution in [0.4, 0.5) is 4.39 Å². The number of esters is 1. The van der Waals surface area contributed by atoms with Gasteiger partial charge in [0.25, 0.3) is 0 Å². The largest absolute Gasteiger partial charge is 0.489 e. The van der Waals surface area contributed by atoms with Gasteiger partial charge in [0.2, 0.25) is 5.88 Å². The summed E-state index contributed by atoms with van der Waals surface area (Å²) >= 11 is 5.95. The van der Waals surface area contributed by atoms with Crippen LogP contribution in [0.15, 0.2) is 102 Å². The summed E-state index contributed by atoms with van der Waals surface area (Å²) in [6.45, 7) is 0.344. The maximum atomic E-state index is 13.2. The molecule has 0 saturated heterocycles. The van der Waals surface area contributed by atoms with Gasteiger partial charge in [0.15, 0.2) is 0 Å². The standard InChI is InChI=1S/C30H20ClFN2O4/c31-21-8-4-18(5-9-21)17-36-23-3-1-2-20(14-23)28-25-13-12-24(15-27(25)38-29(34)26(28)16-33)37-30(35)19-6-10-22(32)11-7-19/h1-15,28H,17,34H2. The molecule has 5 rings (SSSR count). The molecule has 8 heteroatoms. The molecule has 1 aliphatic heterocycles. The third kappa shape index (κ3) is 5.31. The fourth-order valence-corrected chi connectivity index (χ4v) is 4.25. The molecular weight excluding hydrogens is 507 g/mol. The van der Waals surface area contributed by atoms with Gasteiger partial charge in [-0.25, -0.2) is 9.18 Å². The number of fused-ring (bicyclic) bond motifs is 1. The fraction of sp³-hybridized carbons (Fsp3) is 0.0667. The van der Waals surface area contributed by atoms with E-state index in [0.717, 1.165) is 11.1 Å². The van der Waals surface area contributed by atoms with Crippen molar-refractivity contribution in [1.82, 2.24) is 0 Å². The van der Waals surface area contributed by atoms with E-state index < -0.39 is 17.7 Å². The second-order valence-electron chi connectivity index (χ2n) is 8.51. The first-order valence-corrected chi connectivity index (χ1v) is 12.0. The van der Waals surface area contributed by atoms with Gasteiger partial charge < -0.3 is 19.9 Å². The van der Waals surface area contributed by atoms with Crippen molar-refractivity contribution in [3.05, 3.63) is 136 Å². The maximum absolute atomic E-state index is 13.2. The number of halogens is 2. The zero-order valence-corrected chi connectivity index (χ0v) is 20.6. The Morgan fingerprint density at radius 3 is 2.50 bits per heavy atom. The molecule has 0 fully saturated rings. The fourth-order valence-electron chi connectivity index (χ4n) is 4.13. The summed E-state index contributed by atoms with van der Waals surface area (Å²) in [6, 6.07) is 26.8. The summed E-state index contributed by atoms with van der Waals surface area (Å²) in [5.74, 6) is -0.488. The first-order chi connectivity index (χ1) is 18.4. The van der Waals surface area contributed by atoms with Crippen LogP contribution in [0.3, 0.4) is 0 Å². The molecule has 1 aliphatic rings. The number of nitrogens with two attached hydrogens (primary N) is 1.